The Labute approximate surface area is 209 Å². The molecule has 0 bridgehead atoms. The second-order valence-electron chi connectivity index (χ2n) is 10.3. The molecule has 2 aromatic carbocycles. The lowest BCUT2D eigenvalue weighted by molar-refractivity contribution is 0.307. The molecule has 33 heavy (non-hydrogen) atoms. The molecule has 0 fully saturated rings. The quantitative estimate of drug-likeness (QED) is 0.266. The van der Waals surface area contributed by atoms with Gasteiger partial charge in [0, 0.05) is 4.47 Å². The fourth-order valence-electron chi connectivity index (χ4n) is 3.74. The zero-order chi connectivity index (χ0) is 24.4. The highest BCUT2D eigenvalue weighted by Crippen LogP contribution is 2.40. The van der Waals surface area contributed by atoms with Gasteiger partial charge in [-0.25, -0.2) is 8.42 Å². The number of anilines is 1. The number of para-hydroxylation sites is 1. The Morgan fingerprint density at radius 1 is 1.09 bits per heavy atom. The minimum Gasteiger partial charge on any atom is -0.413 e. The highest BCUT2D eigenvalue weighted by atomic mass is 79.9. The SMILES string of the molecule is Cc1ccc(S(=O)(=O)N(c2ccccc2Br)[C@@H]2CCCC=C2CO[Si](C)(C)C(C)(C)C)cc1. The Kier molecular flexibility index (Phi) is 7.99. The first-order valence-electron chi connectivity index (χ1n) is 11.5. The van der Waals surface area contributed by atoms with E-state index < -0.39 is 18.3 Å². The van der Waals surface area contributed by atoms with Gasteiger partial charge in [-0.2, -0.15) is 0 Å². The van der Waals surface area contributed by atoms with Crippen LogP contribution in [0.25, 0.3) is 0 Å². The van der Waals surface area contributed by atoms with Crippen LogP contribution in [0.1, 0.15) is 45.6 Å². The number of rotatable bonds is 7. The van der Waals surface area contributed by atoms with Crippen molar-refractivity contribution >= 4 is 40.0 Å². The van der Waals surface area contributed by atoms with Gasteiger partial charge in [-0.05, 0) is 90.1 Å². The maximum Gasteiger partial charge on any atom is 0.264 e. The van der Waals surface area contributed by atoms with Crippen molar-refractivity contribution in [3.63, 3.8) is 0 Å². The monoisotopic (exact) mass is 549 g/mol. The molecule has 180 valence electrons. The van der Waals surface area contributed by atoms with E-state index in [4.69, 9.17) is 4.43 Å². The van der Waals surface area contributed by atoms with Crippen LogP contribution < -0.4 is 4.31 Å². The first kappa shape index (κ1) is 26.2. The molecule has 0 amide bonds. The van der Waals surface area contributed by atoms with Gasteiger partial charge in [-0.1, -0.05) is 56.7 Å². The van der Waals surface area contributed by atoms with E-state index in [0.29, 0.717) is 17.2 Å². The van der Waals surface area contributed by atoms with Crippen LogP contribution in [-0.2, 0) is 14.4 Å². The average Bonchev–Trinajstić information content (AvgIpc) is 2.74. The molecule has 0 saturated carbocycles. The molecule has 3 rings (SSSR count). The van der Waals surface area contributed by atoms with E-state index in [-0.39, 0.29) is 11.1 Å². The fourth-order valence-corrected chi connectivity index (χ4v) is 7.00. The van der Waals surface area contributed by atoms with Gasteiger partial charge in [-0.3, -0.25) is 4.31 Å². The van der Waals surface area contributed by atoms with Crippen LogP contribution in [0.4, 0.5) is 5.69 Å². The van der Waals surface area contributed by atoms with Crippen molar-refractivity contribution in [3.8, 4) is 0 Å². The van der Waals surface area contributed by atoms with E-state index >= 15 is 0 Å². The normalized spacial score (nSPS) is 17.5. The highest BCUT2D eigenvalue weighted by Gasteiger charge is 2.40. The minimum absolute atomic E-state index is 0.0911. The first-order valence-corrected chi connectivity index (χ1v) is 16.7. The van der Waals surface area contributed by atoms with Crippen LogP contribution in [0.5, 0.6) is 0 Å². The number of allylic oxidation sites excluding steroid dienone is 1. The van der Waals surface area contributed by atoms with E-state index in [9.17, 15) is 8.42 Å². The standard InChI is InChI=1S/C26H36BrNO3SSi/c1-20-15-17-22(18-16-20)32(29,30)28(25-14-10-8-12-23(25)27)24-13-9-7-11-21(24)19-31-33(5,6)26(2,3)4/h8,10-12,14-18,24H,7,9,13,19H2,1-6H3/t24-/m1/s1. The lowest BCUT2D eigenvalue weighted by atomic mass is 9.94. The zero-order valence-electron chi connectivity index (χ0n) is 20.6. The summed E-state index contributed by atoms with van der Waals surface area (Å²) in [6, 6.07) is 14.4. The van der Waals surface area contributed by atoms with Crippen LogP contribution >= 0.6 is 15.9 Å². The number of benzene rings is 2. The largest absolute Gasteiger partial charge is 0.413 e. The summed E-state index contributed by atoms with van der Waals surface area (Å²) in [5, 5.41) is 0.0911. The van der Waals surface area contributed by atoms with E-state index in [1.54, 1.807) is 16.4 Å². The van der Waals surface area contributed by atoms with E-state index in [1.165, 1.54) is 0 Å². The molecule has 0 radical (unpaired) electrons. The van der Waals surface area contributed by atoms with Crippen LogP contribution in [0, 0.1) is 6.92 Å². The van der Waals surface area contributed by atoms with Crippen molar-refractivity contribution < 1.29 is 12.8 Å². The molecule has 4 nitrogen and oxygen atoms in total. The van der Waals surface area contributed by atoms with Crippen molar-refractivity contribution in [2.45, 2.75) is 76.0 Å². The molecule has 1 aliphatic rings. The molecule has 0 aromatic heterocycles. The van der Waals surface area contributed by atoms with Crippen molar-refractivity contribution in [2.24, 2.45) is 0 Å². The Bertz CT molecular complexity index is 1110. The lowest BCUT2D eigenvalue weighted by Gasteiger charge is -2.40. The molecule has 0 N–H and O–H groups in total. The number of aryl methyl sites for hydroxylation is 1. The number of sulfonamides is 1. The Hall–Kier alpha value is -1.41. The summed E-state index contributed by atoms with van der Waals surface area (Å²) in [6.07, 6.45) is 4.84. The third-order valence-electron chi connectivity index (χ3n) is 6.87. The maximum absolute atomic E-state index is 14.0. The Balaban J connectivity index is 2.06. The smallest absolute Gasteiger partial charge is 0.264 e. The lowest BCUT2D eigenvalue weighted by Crippen LogP contribution is -2.46. The summed E-state index contributed by atoms with van der Waals surface area (Å²) in [4.78, 5) is 0.305. The van der Waals surface area contributed by atoms with Gasteiger partial charge in [0.25, 0.3) is 10.0 Å². The van der Waals surface area contributed by atoms with Gasteiger partial charge in [0.1, 0.15) is 0 Å². The zero-order valence-corrected chi connectivity index (χ0v) is 24.0. The molecular formula is C26H36BrNO3SSi. The van der Waals surface area contributed by atoms with Crippen LogP contribution in [0.3, 0.4) is 0 Å². The molecule has 0 aliphatic heterocycles. The molecule has 0 saturated heterocycles. The van der Waals surface area contributed by atoms with Gasteiger partial charge in [0.2, 0.25) is 0 Å². The Morgan fingerprint density at radius 2 is 1.73 bits per heavy atom. The van der Waals surface area contributed by atoms with Crippen molar-refractivity contribution in [2.75, 3.05) is 10.9 Å². The summed E-state index contributed by atoms with van der Waals surface area (Å²) < 4.78 is 37.0. The van der Waals surface area contributed by atoms with E-state index in [2.05, 4.69) is 55.9 Å². The molecule has 0 unspecified atom stereocenters. The number of hydrogen-bond donors (Lipinski definition) is 0. The summed E-state index contributed by atoms with van der Waals surface area (Å²) in [5.41, 5.74) is 2.74. The van der Waals surface area contributed by atoms with Gasteiger partial charge in [0.15, 0.2) is 8.32 Å². The minimum atomic E-state index is -3.79. The molecule has 0 spiro atoms. The van der Waals surface area contributed by atoms with Crippen LogP contribution in [-0.4, -0.2) is 29.4 Å². The molecule has 1 atom stereocenters. The topological polar surface area (TPSA) is 46.6 Å². The Morgan fingerprint density at radius 3 is 2.33 bits per heavy atom. The predicted molar refractivity (Wildman–Crippen MR) is 144 cm³/mol. The van der Waals surface area contributed by atoms with Crippen LogP contribution in [0.15, 0.2) is 69.5 Å². The molecule has 2 aromatic rings. The van der Waals surface area contributed by atoms with E-state index in [1.807, 2.05) is 43.3 Å². The van der Waals surface area contributed by atoms with Gasteiger partial charge >= 0.3 is 0 Å². The summed E-state index contributed by atoms with van der Waals surface area (Å²) in [5.74, 6) is 0. The van der Waals surface area contributed by atoms with Crippen molar-refractivity contribution in [1.29, 1.82) is 0 Å². The highest BCUT2D eigenvalue weighted by molar-refractivity contribution is 9.10. The number of halogens is 1. The third kappa shape index (κ3) is 5.81. The second kappa shape index (κ2) is 10.1. The first-order chi connectivity index (χ1) is 15.3. The summed E-state index contributed by atoms with van der Waals surface area (Å²) >= 11 is 3.61. The predicted octanol–water partition coefficient (Wildman–Crippen LogP) is 7.45. The average molecular weight is 551 g/mol. The van der Waals surface area contributed by atoms with E-state index in [0.717, 1.165) is 34.9 Å². The number of hydrogen-bond acceptors (Lipinski definition) is 3. The molecule has 0 heterocycles. The molecule has 1 aliphatic carbocycles. The fraction of sp³-hybridized carbons (Fsp3) is 0.462. The molecule has 7 heteroatoms. The van der Waals surface area contributed by atoms with Gasteiger partial charge in [0.05, 0.1) is 23.2 Å². The van der Waals surface area contributed by atoms with Crippen molar-refractivity contribution in [1.82, 2.24) is 0 Å². The van der Waals surface area contributed by atoms with Crippen molar-refractivity contribution in [3.05, 3.63) is 70.2 Å². The van der Waals surface area contributed by atoms with Gasteiger partial charge in [-0.15, -0.1) is 0 Å². The summed E-state index contributed by atoms with van der Waals surface area (Å²) in [7, 11) is -5.77. The second-order valence-corrected chi connectivity index (χ2v) is 17.8. The number of nitrogens with zero attached hydrogens (tertiary/aromatic N) is 1. The summed E-state index contributed by atoms with van der Waals surface area (Å²) in [6.45, 7) is 13.6. The maximum atomic E-state index is 14.0. The van der Waals surface area contributed by atoms with Crippen LogP contribution in [0.2, 0.25) is 18.1 Å². The molecular weight excluding hydrogens is 514 g/mol. The third-order valence-corrected chi connectivity index (χ3v) is 13.9. The van der Waals surface area contributed by atoms with Gasteiger partial charge < -0.3 is 4.43 Å².